The van der Waals surface area contributed by atoms with Crippen molar-refractivity contribution >= 4 is 27.4 Å². The molecule has 4 heterocycles. The van der Waals surface area contributed by atoms with E-state index in [4.69, 9.17) is 9.47 Å². The number of aryl methyl sites for hydroxylation is 1. The molecule has 1 aliphatic carbocycles. The number of anilines is 2. The average Bonchev–Trinajstić information content (AvgIpc) is 3.63. The summed E-state index contributed by atoms with van der Waals surface area (Å²) < 4.78 is 36.8. The second kappa shape index (κ2) is 9.49. The summed E-state index contributed by atoms with van der Waals surface area (Å²) in [5.41, 5.74) is 2.00. The Labute approximate surface area is 211 Å². The van der Waals surface area contributed by atoms with Gasteiger partial charge in [0.2, 0.25) is 5.88 Å². The van der Waals surface area contributed by atoms with Crippen LogP contribution >= 0.6 is 0 Å². The molecule has 3 aliphatic rings. The third-order valence-electron chi connectivity index (χ3n) is 7.12. The van der Waals surface area contributed by atoms with Crippen molar-refractivity contribution in [1.29, 1.82) is 0 Å². The molecule has 194 valence electrons. The van der Waals surface area contributed by atoms with Gasteiger partial charge in [0.1, 0.15) is 18.2 Å². The minimum atomic E-state index is -3.35. The van der Waals surface area contributed by atoms with Crippen molar-refractivity contribution in [1.82, 2.24) is 19.9 Å². The third-order valence-corrected chi connectivity index (χ3v) is 9.28. The number of hydrogen-bond donors (Lipinski definition) is 1. The van der Waals surface area contributed by atoms with Crippen LogP contribution in [0.3, 0.4) is 0 Å². The van der Waals surface area contributed by atoms with Crippen LogP contribution in [0.25, 0.3) is 0 Å². The van der Waals surface area contributed by atoms with E-state index >= 15 is 0 Å². The van der Waals surface area contributed by atoms with E-state index in [0.717, 1.165) is 31.2 Å². The highest BCUT2D eigenvalue weighted by atomic mass is 32.2. The smallest absolute Gasteiger partial charge is 0.410 e. The first-order valence-electron chi connectivity index (χ1n) is 12.6. The zero-order valence-corrected chi connectivity index (χ0v) is 21.9. The predicted octanol–water partition coefficient (Wildman–Crippen LogP) is 4.09. The highest BCUT2D eigenvalue weighted by Gasteiger charge is 2.45. The molecule has 2 aromatic heterocycles. The first-order chi connectivity index (χ1) is 17.1. The van der Waals surface area contributed by atoms with Gasteiger partial charge >= 0.3 is 6.09 Å². The second-order valence-electron chi connectivity index (χ2n) is 10.2. The number of pyridine rings is 1. The van der Waals surface area contributed by atoms with Gasteiger partial charge in [-0.1, -0.05) is 0 Å². The van der Waals surface area contributed by atoms with Crippen LogP contribution in [0.4, 0.5) is 16.3 Å². The molecule has 10 nitrogen and oxygen atoms in total. The minimum Gasteiger partial charge on any atom is -0.474 e. The first-order valence-corrected chi connectivity index (χ1v) is 14.1. The number of hydrogen-bond acceptors (Lipinski definition) is 9. The molecule has 1 amide bonds. The maximum absolute atomic E-state index is 12.5. The molecule has 11 heteroatoms. The monoisotopic (exact) mass is 515 g/mol. The molecule has 2 saturated heterocycles. The second-order valence-corrected chi connectivity index (χ2v) is 12.4. The molecule has 0 spiro atoms. The van der Waals surface area contributed by atoms with Crippen molar-refractivity contribution in [3.8, 4) is 5.88 Å². The van der Waals surface area contributed by atoms with Crippen LogP contribution in [0.1, 0.15) is 63.6 Å². The molecule has 0 aromatic carbocycles. The van der Waals surface area contributed by atoms with E-state index in [-0.39, 0.29) is 40.7 Å². The quantitative estimate of drug-likeness (QED) is 0.581. The predicted molar refractivity (Wildman–Crippen MR) is 133 cm³/mol. The molecule has 2 aliphatic heterocycles. The fourth-order valence-electron chi connectivity index (χ4n) is 5.13. The van der Waals surface area contributed by atoms with Gasteiger partial charge in [-0.2, -0.15) is 0 Å². The average molecular weight is 516 g/mol. The Morgan fingerprint density at radius 2 is 1.78 bits per heavy atom. The maximum atomic E-state index is 12.5. The van der Waals surface area contributed by atoms with E-state index in [2.05, 4.69) is 20.3 Å². The van der Waals surface area contributed by atoms with Crippen molar-refractivity contribution in [2.24, 2.45) is 0 Å². The van der Waals surface area contributed by atoms with Gasteiger partial charge in [-0.15, -0.1) is 0 Å². The highest BCUT2D eigenvalue weighted by Crippen LogP contribution is 2.39. The number of nitrogens with zero attached hydrogens (tertiary/aromatic N) is 4. The van der Waals surface area contributed by atoms with Gasteiger partial charge in [-0.05, 0) is 65.5 Å². The van der Waals surface area contributed by atoms with Gasteiger partial charge in [0, 0.05) is 24.9 Å². The highest BCUT2D eigenvalue weighted by molar-refractivity contribution is 7.92. The van der Waals surface area contributed by atoms with Gasteiger partial charge < -0.3 is 19.7 Å². The number of nitrogens with one attached hydrogen (secondary N) is 1. The maximum Gasteiger partial charge on any atom is 0.410 e. The van der Waals surface area contributed by atoms with Crippen LogP contribution in [0.2, 0.25) is 0 Å². The molecule has 1 saturated carbocycles. The van der Waals surface area contributed by atoms with Crippen LogP contribution in [0.5, 0.6) is 5.88 Å². The summed E-state index contributed by atoms with van der Waals surface area (Å²) in [6.07, 6.45) is 5.79. The van der Waals surface area contributed by atoms with Crippen LogP contribution in [-0.4, -0.2) is 63.9 Å². The lowest BCUT2D eigenvalue weighted by atomic mass is 10.0. The Hall–Kier alpha value is -2.95. The van der Waals surface area contributed by atoms with Crippen molar-refractivity contribution in [3.63, 3.8) is 0 Å². The molecular formula is C25H33N5O5S. The number of aromatic nitrogens is 3. The number of carbonyl (C=O) groups excluding carboxylic acids is 1. The number of fused-ring (bicyclic) bond motifs is 2. The molecule has 2 aromatic rings. The molecule has 1 N–H and O–H groups in total. The summed E-state index contributed by atoms with van der Waals surface area (Å²) in [6, 6.07) is 3.49. The Kier molecular flexibility index (Phi) is 6.52. The van der Waals surface area contributed by atoms with Gasteiger partial charge in [-0.25, -0.2) is 28.2 Å². The van der Waals surface area contributed by atoms with Crippen molar-refractivity contribution < 1.29 is 22.7 Å². The van der Waals surface area contributed by atoms with Gasteiger partial charge in [0.05, 0.1) is 28.3 Å². The number of rotatable bonds is 7. The van der Waals surface area contributed by atoms with Gasteiger partial charge in [0.25, 0.3) is 0 Å². The van der Waals surface area contributed by atoms with Crippen molar-refractivity contribution in [2.45, 2.75) is 101 Å². The fraction of sp³-hybridized carbons (Fsp3) is 0.600. The van der Waals surface area contributed by atoms with Crippen LogP contribution in [-0.2, 0) is 14.6 Å². The number of ether oxygens (including phenoxy) is 2. The molecule has 2 unspecified atom stereocenters. The summed E-state index contributed by atoms with van der Waals surface area (Å²) in [5.74, 6) is 1.07. The minimum absolute atomic E-state index is 0.0534. The molecule has 0 radical (unpaired) electrons. The lowest BCUT2D eigenvalue weighted by molar-refractivity contribution is 0.0207. The lowest BCUT2D eigenvalue weighted by Crippen LogP contribution is -2.50. The van der Waals surface area contributed by atoms with Gasteiger partial charge in [0.15, 0.2) is 14.9 Å². The summed E-state index contributed by atoms with van der Waals surface area (Å²) in [7, 11) is -3.35. The molecule has 5 rings (SSSR count). The zero-order valence-electron chi connectivity index (χ0n) is 21.1. The van der Waals surface area contributed by atoms with Crippen molar-refractivity contribution in [3.05, 3.63) is 29.7 Å². The van der Waals surface area contributed by atoms with Crippen LogP contribution in [0.15, 0.2) is 23.5 Å². The molecule has 2 bridgehead atoms. The molecule has 2 atom stereocenters. The number of carbonyl (C=O) groups is 1. The van der Waals surface area contributed by atoms with E-state index in [1.165, 1.54) is 6.33 Å². The van der Waals surface area contributed by atoms with Crippen LogP contribution in [0, 0.1) is 13.8 Å². The molecule has 3 fully saturated rings. The van der Waals surface area contributed by atoms with Crippen molar-refractivity contribution in [2.75, 3.05) is 5.32 Å². The summed E-state index contributed by atoms with van der Waals surface area (Å²) in [5, 5.41) is 3.08. The summed E-state index contributed by atoms with van der Waals surface area (Å²) >= 11 is 0. The lowest BCUT2D eigenvalue weighted by Gasteiger charge is -2.38. The standard InChI is InChI=1S/C25H33N5O5S/c1-14(2)34-25(31)30-17-5-6-18(30)12-19(11-17)35-24-15(3)23(26-13-27-24)29-21-9-10-22(28-16(21)4)36(32,33)20-7-8-20/h9-10,13-14,17-20H,5-8,11-12H2,1-4H3,(H,26,27,29). The van der Waals surface area contributed by atoms with Gasteiger partial charge in [-0.3, -0.25) is 0 Å². The SMILES string of the molecule is Cc1nc(S(=O)(=O)C2CC2)ccc1Nc1ncnc(OC2CC3CCC(C2)N3C(=O)OC(C)C)c1C. The fourth-order valence-corrected chi connectivity index (χ4v) is 6.75. The van der Waals surface area contributed by atoms with Crippen LogP contribution < -0.4 is 10.1 Å². The number of amides is 1. The summed E-state index contributed by atoms with van der Waals surface area (Å²) in [4.78, 5) is 27.5. The Morgan fingerprint density at radius 1 is 1.08 bits per heavy atom. The topological polar surface area (TPSA) is 124 Å². The Bertz CT molecular complexity index is 1250. The first kappa shape index (κ1) is 24.7. The normalized spacial score (nSPS) is 23.6. The summed E-state index contributed by atoms with van der Waals surface area (Å²) in [6.45, 7) is 7.38. The molecule has 36 heavy (non-hydrogen) atoms. The number of piperidine rings is 1. The largest absolute Gasteiger partial charge is 0.474 e. The number of sulfone groups is 1. The zero-order chi connectivity index (χ0) is 25.6. The molecular weight excluding hydrogens is 482 g/mol. The van der Waals surface area contributed by atoms with E-state index in [1.807, 2.05) is 25.7 Å². The van der Waals surface area contributed by atoms with E-state index < -0.39 is 9.84 Å². The Morgan fingerprint density at radius 3 is 2.39 bits per heavy atom. The third kappa shape index (κ3) is 4.85. The van der Waals surface area contributed by atoms with E-state index in [9.17, 15) is 13.2 Å². The Balaban J connectivity index is 1.27. The van der Waals surface area contributed by atoms with E-state index in [0.29, 0.717) is 35.9 Å². The van der Waals surface area contributed by atoms with E-state index in [1.54, 1.807) is 19.1 Å².